The summed E-state index contributed by atoms with van der Waals surface area (Å²) in [6.07, 6.45) is 0.556. The quantitative estimate of drug-likeness (QED) is 0.111. The number of carbonyl (C=O) groups excluding carboxylic acids is 2. The van der Waals surface area contributed by atoms with E-state index in [2.05, 4.69) is 0 Å². The van der Waals surface area contributed by atoms with E-state index in [1.807, 2.05) is 0 Å². The van der Waals surface area contributed by atoms with E-state index in [1.54, 1.807) is 24.3 Å². The standard InChI is InChI=1S/C31H29FO10S2/c1-14(30(35)36)7-19(33)25-9-15-8-21(20(39-2)12-23(15)43-25)41-5-4-6-42-29-22(40-3)13-24-18(27(29)32)11-26(44-24)28(34)16-10-17(16)31(37)38/h8-9,11-14,16-17H,4-7,10H2,1-3H3,(H,35,36)(H,37,38)/t14-,16+,17+/m0/s1. The lowest BCUT2D eigenvalue weighted by molar-refractivity contribution is -0.141. The van der Waals surface area contributed by atoms with Crippen LogP contribution in [0.5, 0.6) is 23.0 Å². The van der Waals surface area contributed by atoms with E-state index in [9.17, 15) is 19.2 Å². The Balaban J connectivity index is 1.23. The summed E-state index contributed by atoms with van der Waals surface area (Å²) in [6.45, 7) is 1.77. The fraction of sp³-hybridized carbons (Fsp3) is 0.355. The van der Waals surface area contributed by atoms with Crippen molar-refractivity contribution in [2.75, 3.05) is 27.4 Å². The number of ether oxygens (including phenoxy) is 4. The summed E-state index contributed by atoms with van der Waals surface area (Å²) in [5, 5.41) is 19.2. The Kier molecular flexibility index (Phi) is 9.07. The third-order valence-electron chi connectivity index (χ3n) is 7.37. The number of carboxylic acids is 2. The van der Waals surface area contributed by atoms with Crippen LogP contribution in [-0.2, 0) is 9.59 Å². The molecule has 1 fully saturated rings. The van der Waals surface area contributed by atoms with E-state index in [-0.39, 0.29) is 54.5 Å². The number of carboxylic acid groups (broad SMARTS) is 2. The normalized spacial score (nSPS) is 16.5. The number of carbonyl (C=O) groups is 4. The fourth-order valence-corrected chi connectivity index (χ4v) is 6.90. The summed E-state index contributed by atoms with van der Waals surface area (Å²) in [6, 6.07) is 8.23. The van der Waals surface area contributed by atoms with Crippen LogP contribution in [0.25, 0.3) is 20.2 Å². The van der Waals surface area contributed by atoms with E-state index in [4.69, 9.17) is 29.2 Å². The van der Waals surface area contributed by atoms with Crippen molar-refractivity contribution in [3.8, 4) is 23.0 Å². The van der Waals surface area contributed by atoms with Crippen molar-refractivity contribution >= 4 is 66.4 Å². The minimum atomic E-state index is -1.03. The topological polar surface area (TPSA) is 146 Å². The highest BCUT2D eigenvalue weighted by molar-refractivity contribution is 7.21. The van der Waals surface area contributed by atoms with Crippen LogP contribution in [-0.4, -0.2) is 61.2 Å². The van der Waals surface area contributed by atoms with Crippen molar-refractivity contribution < 1.29 is 52.7 Å². The first kappa shape index (κ1) is 31.2. The molecule has 0 bridgehead atoms. The van der Waals surface area contributed by atoms with Crippen LogP contribution in [0.2, 0.25) is 0 Å². The van der Waals surface area contributed by atoms with E-state index in [0.29, 0.717) is 32.4 Å². The van der Waals surface area contributed by atoms with Crippen molar-refractivity contribution in [1.29, 1.82) is 0 Å². The van der Waals surface area contributed by atoms with Gasteiger partial charge in [0.2, 0.25) is 0 Å². The molecule has 1 aliphatic rings. The third kappa shape index (κ3) is 6.34. The first-order valence-corrected chi connectivity index (χ1v) is 15.4. The number of hydrogen-bond donors (Lipinski definition) is 2. The third-order valence-corrected chi connectivity index (χ3v) is 9.61. The molecule has 1 saturated carbocycles. The zero-order valence-electron chi connectivity index (χ0n) is 24.0. The zero-order chi connectivity index (χ0) is 31.7. The van der Waals surface area contributed by atoms with Crippen LogP contribution in [0.1, 0.15) is 45.5 Å². The molecule has 2 N–H and O–H groups in total. The first-order chi connectivity index (χ1) is 21.0. The highest BCUT2D eigenvalue weighted by atomic mass is 32.1. The maximum absolute atomic E-state index is 15.5. The predicted molar refractivity (Wildman–Crippen MR) is 162 cm³/mol. The minimum Gasteiger partial charge on any atom is -0.493 e. The van der Waals surface area contributed by atoms with Gasteiger partial charge in [-0.05, 0) is 30.0 Å². The Hall–Kier alpha value is -4.23. The number of fused-ring (bicyclic) bond motifs is 2. The maximum atomic E-state index is 15.5. The summed E-state index contributed by atoms with van der Waals surface area (Å²) in [5.41, 5.74) is 0. The van der Waals surface area contributed by atoms with Crippen LogP contribution < -0.4 is 18.9 Å². The van der Waals surface area contributed by atoms with Crippen molar-refractivity contribution in [3.05, 3.63) is 45.9 Å². The maximum Gasteiger partial charge on any atom is 0.307 e. The molecule has 0 unspecified atom stereocenters. The Morgan fingerprint density at radius 2 is 1.57 bits per heavy atom. The molecule has 2 aromatic heterocycles. The smallest absolute Gasteiger partial charge is 0.307 e. The minimum absolute atomic E-state index is 0.0838. The van der Waals surface area contributed by atoms with Crippen LogP contribution >= 0.6 is 22.7 Å². The molecule has 0 radical (unpaired) electrons. The average molecular weight is 645 g/mol. The molecule has 4 aromatic rings. The number of ketones is 2. The van der Waals surface area contributed by atoms with Gasteiger partial charge in [-0.1, -0.05) is 6.92 Å². The van der Waals surface area contributed by atoms with E-state index < -0.39 is 35.5 Å². The zero-order valence-corrected chi connectivity index (χ0v) is 25.6. The largest absolute Gasteiger partial charge is 0.493 e. The van der Waals surface area contributed by atoms with Gasteiger partial charge in [0.05, 0.1) is 49.0 Å². The lowest BCUT2D eigenvalue weighted by Gasteiger charge is -2.13. The number of hydrogen-bond acceptors (Lipinski definition) is 10. The molecule has 2 heterocycles. The van der Waals surface area contributed by atoms with Gasteiger partial charge in [-0.15, -0.1) is 22.7 Å². The number of thiophene rings is 2. The molecule has 13 heteroatoms. The van der Waals surface area contributed by atoms with E-state index in [0.717, 1.165) is 21.4 Å². The fourth-order valence-electron chi connectivity index (χ4n) is 4.79. The van der Waals surface area contributed by atoms with Crippen molar-refractivity contribution in [2.45, 2.75) is 26.2 Å². The van der Waals surface area contributed by atoms with Crippen molar-refractivity contribution in [2.24, 2.45) is 17.8 Å². The molecule has 1 aliphatic carbocycles. The molecular weight excluding hydrogens is 615 g/mol. The van der Waals surface area contributed by atoms with E-state index >= 15 is 4.39 Å². The van der Waals surface area contributed by atoms with Gasteiger partial charge in [0, 0.05) is 45.7 Å². The summed E-state index contributed by atoms with van der Waals surface area (Å²) in [5.74, 6) is -4.36. The molecule has 0 amide bonds. The molecule has 5 rings (SSSR count). The molecule has 44 heavy (non-hydrogen) atoms. The number of aliphatic carboxylic acids is 2. The summed E-state index contributed by atoms with van der Waals surface area (Å²) >= 11 is 2.34. The average Bonchev–Trinajstić information content (AvgIpc) is 3.51. The Bertz CT molecular complexity index is 1770. The molecule has 0 spiro atoms. The van der Waals surface area contributed by atoms with Gasteiger partial charge >= 0.3 is 11.9 Å². The molecule has 0 saturated heterocycles. The highest BCUT2D eigenvalue weighted by Crippen LogP contribution is 2.45. The molecule has 232 valence electrons. The van der Waals surface area contributed by atoms with Crippen LogP contribution in [0.15, 0.2) is 30.3 Å². The van der Waals surface area contributed by atoms with Gasteiger partial charge in [-0.2, -0.15) is 0 Å². The second-order valence-electron chi connectivity index (χ2n) is 10.5. The molecule has 3 atom stereocenters. The number of rotatable bonds is 15. The first-order valence-electron chi connectivity index (χ1n) is 13.7. The monoisotopic (exact) mass is 644 g/mol. The number of Topliss-reactive ketones (excluding diaryl/α,β-unsaturated/α-hetero) is 2. The van der Waals surface area contributed by atoms with Crippen molar-refractivity contribution in [3.63, 3.8) is 0 Å². The summed E-state index contributed by atoms with van der Waals surface area (Å²) < 4.78 is 39.2. The Morgan fingerprint density at radius 3 is 2.23 bits per heavy atom. The number of methoxy groups -OCH3 is 2. The van der Waals surface area contributed by atoms with Gasteiger partial charge < -0.3 is 29.2 Å². The molecule has 10 nitrogen and oxygen atoms in total. The number of benzene rings is 2. The second-order valence-corrected chi connectivity index (χ2v) is 12.6. The van der Waals surface area contributed by atoms with Crippen LogP contribution in [0.3, 0.4) is 0 Å². The molecule has 0 aliphatic heterocycles. The van der Waals surface area contributed by atoms with Crippen molar-refractivity contribution in [1.82, 2.24) is 0 Å². The second kappa shape index (κ2) is 12.8. The van der Waals surface area contributed by atoms with E-state index in [1.165, 1.54) is 38.5 Å². The Labute approximate surface area is 258 Å². The van der Waals surface area contributed by atoms with Gasteiger partial charge in [-0.3, -0.25) is 19.2 Å². The van der Waals surface area contributed by atoms with Gasteiger partial charge in [0.15, 0.2) is 40.4 Å². The number of halogens is 1. The van der Waals surface area contributed by atoms with Gasteiger partial charge in [0.1, 0.15) is 0 Å². The van der Waals surface area contributed by atoms with Gasteiger partial charge in [0.25, 0.3) is 0 Å². The Morgan fingerprint density at radius 1 is 0.886 bits per heavy atom. The summed E-state index contributed by atoms with van der Waals surface area (Å²) in [7, 11) is 2.88. The van der Waals surface area contributed by atoms with Crippen LogP contribution in [0, 0.1) is 23.6 Å². The molecular formula is C31H29FO10S2. The lowest BCUT2D eigenvalue weighted by atomic mass is 10.0. The summed E-state index contributed by atoms with van der Waals surface area (Å²) in [4.78, 5) is 48.3. The SMILES string of the molecule is COc1cc2sc(C(=O)C[C@H](C)C(=O)O)cc2cc1OCCCOc1c(OC)cc2sc(C(=O)[C@@H]3C[C@H]3C(=O)O)cc2c1F. The van der Waals surface area contributed by atoms with Gasteiger partial charge in [-0.25, -0.2) is 4.39 Å². The van der Waals surface area contributed by atoms with Crippen LogP contribution in [0.4, 0.5) is 4.39 Å². The lowest BCUT2D eigenvalue weighted by Crippen LogP contribution is -2.13. The predicted octanol–water partition coefficient (Wildman–Crippen LogP) is 6.32. The highest BCUT2D eigenvalue weighted by Gasteiger charge is 2.48. The molecule has 2 aromatic carbocycles.